The van der Waals surface area contributed by atoms with Crippen LogP contribution in [0.4, 0.5) is 0 Å². The highest BCUT2D eigenvalue weighted by Crippen LogP contribution is 1.99. The molecule has 60 valence electrons. The van der Waals surface area contributed by atoms with Gasteiger partial charge in [0.15, 0.2) is 0 Å². The maximum absolute atomic E-state index is 9.99. The standard InChI is InChI=1S/C6H10O2.CH3Cl/c1-3-4-5(2)6(7)8;1-2/h2-4H2,1H3,(H,7,8);1H3. The molecule has 10 heavy (non-hydrogen) atoms. The van der Waals surface area contributed by atoms with E-state index in [0.717, 1.165) is 6.42 Å². The Labute approximate surface area is 66.5 Å². The number of aliphatic carboxylic acids is 1. The molecule has 3 heteroatoms. The molecule has 0 amide bonds. The van der Waals surface area contributed by atoms with Crippen LogP contribution in [-0.4, -0.2) is 17.5 Å². The minimum Gasteiger partial charge on any atom is -0.478 e. The van der Waals surface area contributed by atoms with Gasteiger partial charge < -0.3 is 5.11 Å². The summed E-state index contributed by atoms with van der Waals surface area (Å²) in [6.45, 7) is 5.27. The SMILES string of the molecule is C=C(CCC)C(=O)O.CCl. The van der Waals surface area contributed by atoms with Crippen molar-refractivity contribution in [2.75, 3.05) is 6.38 Å². The van der Waals surface area contributed by atoms with E-state index in [0.29, 0.717) is 12.0 Å². The zero-order valence-corrected chi connectivity index (χ0v) is 7.11. The van der Waals surface area contributed by atoms with E-state index in [2.05, 4.69) is 18.2 Å². The van der Waals surface area contributed by atoms with Crippen LogP contribution in [-0.2, 0) is 4.79 Å². The molecule has 0 aliphatic rings. The van der Waals surface area contributed by atoms with Gasteiger partial charge in [-0.05, 0) is 6.42 Å². The Morgan fingerprint density at radius 2 is 2.00 bits per heavy atom. The third kappa shape index (κ3) is 7.50. The molecule has 0 atom stereocenters. The molecule has 0 spiro atoms. The maximum Gasteiger partial charge on any atom is 0.330 e. The highest BCUT2D eigenvalue weighted by Gasteiger charge is 1.99. The van der Waals surface area contributed by atoms with Gasteiger partial charge in [-0.3, -0.25) is 0 Å². The molecule has 0 unspecified atom stereocenters. The van der Waals surface area contributed by atoms with E-state index in [1.807, 2.05) is 6.92 Å². The number of carbonyl (C=O) groups is 1. The Bertz CT molecular complexity index is 110. The molecule has 0 heterocycles. The van der Waals surface area contributed by atoms with Crippen molar-refractivity contribution >= 4 is 17.6 Å². The fourth-order valence-corrected chi connectivity index (χ4v) is 0.409. The number of rotatable bonds is 3. The lowest BCUT2D eigenvalue weighted by Gasteiger charge is -1.92. The van der Waals surface area contributed by atoms with Crippen molar-refractivity contribution in [2.24, 2.45) is 0 Å². The molecule has 0 bridgehead atoms. The molecule has 0 radical (unpaired) electrons. The predicted octanol–water partition coefficient (Wildman–Crippen LogP) is 2.28. The average Bonchev–Trinajstić information content (AvgIpc) is 1.93. The van der Waals surface area contributed by atoms with Gasteiger partial charge in [0, 0.05) is 12.0 Å². The Kier molecular flexibility index (Phi) is 10.4. The molecule has 1 N–H and O–H groups in total. The van der Waals surface area contributed by atoms with Crippen molar-refractivity contribution in [2.45, 2.75) is 19.8 Å². The minimum absolute atomic E-state index is 0.299. The normalized spacial score (nSPS) is 7.50. The highest BCUT2D eigenvalue weighted by molar-refractivity contribution is 6.15. The fraction of sp³-hybridized carbons (Fsp3) is 0.571. The first-order chi connectivity index (χ1) is 4.68. The largest absolute Gasteiger partial charge is 0.478 e. The monoisotopic (exact) mass is 164 g/mol. The molecule has 0 fully saturated rings. The smallest absolute Gasteiger partial charge is 0.330 e. The van der Waals surface area contributed by atoms with Crippen LogP contribution in [0, 0.1) is 0 Å². The van der Waals surface area contributed by atoms with Crippen molar-refractivity contribution in [1.29, 1.82) is 0 Å². The summed E-state index contributed by atoms with van der Waals surface area (Å²) in [5.74, 6) is -0.883. The predicted molar refractivity (Wildman–Crippen MR) is 43.5 cm³/mol. The number of carboxylic acid groups (broad SMARTS) is 1. The maximum atomic E-state index is 9.99. The zero-order valence-electron chi connectivity index (χ0n) is 6.35. The first kappa shape index (κ1) is 12.2. The Morgan fingerprint density at radius 3 is 2.10 bits per heavy atom. The van der Waals surface area contributed by atoms with Crippen molar-refractivity contribution in [1.82, 2.24) is 0 Å². The summed E-state index contributed by atoms with van der Waals surface area (Å²) < 4.78 is 0. The molecule has 0 aromatic rings. The number of carboxylic acids is 1. The van der Waals surface area contributed by atoms with Crippen LogP contribution in [0.1, 0.15) is 19.8 Å². The molecule has 0 saturated carbocycles. The van der Waals surface area contributed by atoms with Crippen LogP contribution in [0.2, 0.25) is 0 Å². The van der Waals surface area contributed by atoms with E-state index in [1.165, 1.54) is 6.38 Å². The summed E-state index contributed by atoms with van der Waals surface area (Å²) in [6, 6.07) is 0. The number of hydrogen-bond donors (Lipinski definition) is 1. The summed E-state index contributed by atoms with van der Waals surface area (Å²) in [7, 11) is 0. The fourth-order valence-electron chi connectivity index (χ4n) is 0.409. The van der Waals surface area contributed by atoms with Gasteiger partial charge in [0.05, 0.1) is 0 Å². The van der Waals surface area contributed by atoms with Crippen molar-refractivity contribution in [3.05, 3.63) is 12.2 Å². The second kappa shape index (κ2) is 8.50. The van der Waals surface area contributed by atoms with E-state index in [9.17, 15) is 4.79 Å². The summed E-state index contributed by atoms with van der Waals surface area (Å²) in [4.78, 5) is 9.99. The number of halogens is 1. The summed E-state index contributed by atoms with van der Waals surface area (Å²) in [5, 5.41) is 8.21. The molecular weight excluding hydrogens is 152 g/mol. The van der Waals surface area contributed by atoms with E-state index in [-0.39, 0.29) is 0 Å². The Morgan fingerprint density at radius 1 is 1.60 bits per heavy atom. The van der Waals surface area contributed by atoms with Crippen LogP contribution in [0.3, 0.4) is 0 Å². The van der Waals surface area contributed by atoms with Gasteiger partial charge in [0.2, 0.25) is 0 Å². The summed E-state index contributed by atoms with van der Waals surface area (Å²) >= 11 is 4.64. The van der Waals surface area contributed by atoms with Crippen LogP contribution < -0.4 is 0 Å². The van der Waals surface area contributed by atoms with Crippen LogP contribution in [0.15, 0.2) is 12.2 Å². The summed E-state index contributed by atoms with van der Waals surface area (Å²) in [5.41, 5.74) is 0.299. The Balaban J connectivity index is 0. The molecule has 0 aromatic carbocycles. The van der Waals surface area contributed by atoms with Gasteiger partial charge >= 0.3 is 5.97 Å². The van der Waals surface area contributed by atoms with Crippen LogP contribution in [0.25, 0.3) is 0 Å². The number of hydrogen-bond acceptors (Lipinski definition) is 1. The molecule has 0 saturated heterocycles. The second-order valence-electron chi connectivity index (χ2n) is 1.66. The molecule has 0 aromatic heterocycles. The first-order valence-corrected chi connectivity index (χ1v) is 3.73. The van der Waals surface area contributed by atoms with Gasteiger partial charge in [-0.1, -0.05) is 19.9 Å². The quantitative estimate of drug-likeness (QED) is 0.513. The lowest BCUT2D eigenvalue weighted by molar-refractivity contribution is -0.132. The van der Waals surface area contributed by atoms with E-state index in [4.69, 9.17) is 5.11 Å². The lowest BCUT2D eigenvalue weighted by atomic mass is 10.2. The van der Waals surface area contributed by atoms with Crippen molar-refractivity contribution in [3.8, 4) is 0 Å². The number of alkyl halides is 1. The topological polar surface area (TPSA) is 37.3 Å². The van der Waals surface area contributed by atoms with Gasteiger partial charge in [-0.25, -0.2) is 4.79 Å². The molecule has 0 rings (SSSR count). The zero-order chi connectivity index (χ0) is 8.57. The van der Waals surface area contributed by atoms with Gasteiger partial charge in [-0.2, -0.15) is 0 Å². The summed E-state index contributed by atoms with van der Waals surface area (Å²) in [6.07, 6.45) is 2.92. The van der Waals surface area contributed by atoms with Gasteiger partial charge in [0.1, 0.15) is 0 Å². The third-order valence-corrected chi connectivity index (χ3v) is 0.854. The minimum atomic E-state index is -0.883. The van der Waals surface area contributed by atoms with Gasteiger partial charge in [0.25, 0.3) is 0 Å². The highest BCUT2D eigenvalue weighted by atomic mass is 35.5. The van der Waals surface area contributed by atoms with Gasteiger partial charge in [-0.15, -0.1) is 11.6 Å². The lowest BCUT2D eigenvalue weighted by Crippen LogP contribution is -1.97. The average molecular weight is 165 g/mol. The van der Waals surface area contributed by atoms with E-state index >= 15 is 0 Å². The van der Waals surface area contributed by atoms with Crippen molar-refractivity contribution < 1.29 is 9.90 Å². The van der Waals surface area contributed by atoms with Crippen LogP contribution in [0.5, 0.6) is 0 Å². The molecule has 2 nitrogen and oxygen atoms in total. The molecule has 0 aliphatic heterocycles. The van der Waals surface area contributed by atoms with E-state index in [1.54, 1.807) is 0 Å². The first-order valence-electron chi connectivity index (χ1n) is 2.97. The van der Waals surface area contributed by atoms with Crippen molar-refractivity contribution in [3.63, 3.8) is 0 Å². The molecular formula is C7H13ClO2. The van der Waals surface area contributed by atoms with E-state index < -0.39 is 5.97 Å². The third-order valence-electron chi connectivity index (χ3n) is 0.854. The second-order valence-corrected chi connectivity index (χ2v) is 1.66. The molecule has 0 aliphatic carbocycles. The Hall–Kier alpha value is -0.500. The van der Waals surface area contributed by atoms with Crippen LogP contribution >= 0.6 is 11.6 Å².